The van der Waals surface area contributed by atoms with E-state index in [1.807, 2.05) is 31.2 Å². The zero-order valence-electron chi connectivity index (χ0n) is 8.49. The van der Waals surface area contributed by atoms with Crippen LogP contribution in [-0.2, 0) is 9.55 Å². The third-order valence-corrected chi connectivity index (χ3v) is 3.56. The van der Waals surface area contributed by atoms with E-state index in [9.17, 15) is 8.40 Å². The Morgan fingerprint density at radius 3 is 2.73 bits per heavy atom. The lowest BCUT2D eigenvalue weighted by Gasteiger charge is -2.18. The van der Waals surface area contributed by atoms with Gasteiger partial charge in [-0.1, -0.05) is 24.3 Å². The molecule has 0 radical (unpaired) electrons. The molecule has 1 aliphatic heterocycles. The second kappa shape index (κ2) is 3.84. The lowest BCUT2D eigenvalue weighted by Crippen LogP contribution is -2.46. The van der Waals surface area contributed by atoms with E-state index >= 15 is 0 Å². The molecule has 82 valence electrons. The predicted molar refractivity (Wildman–Crippen MR) is 46.4 cm³/mol. The van der Waals surface area contributed by atoms with Gasteiger partial charge in [0.2, 0.25) is 5.72 Å². The fraction of sp³-hybridized carbons (Fsp3) is 0.400. The summed E-state index contributed by atoms with van der Waals surface area (Å²) in [6.07, 6.45) is 0. The summed E-state index contributed by atoms with van der Waals surface area (Å²) in [5.74, 6) is 0. The van der Waals surface area contributed by atoms with Crippen molar-refractivity contribution in [3.8, 4) is 0 Å². The van der Waals surface area contributed by atoms with Crippen molar-refractivity contribution in [2.75, 3.05) is 0 Å². The molecule has 0 saturated heterocycles. The average Bonchev–Trinajstić information content (AvgIpc) is 2.39. The fourth-order valence-electron chi connectivity index (χ4n) is 2.07. The van der Waals surface area contributed by atoms with Crippen molar-refractivity contribution in [3.63, 3.8) is 0 Å². The summed E-state index contributed by atoms with van der Waals surface area (Å²) in [4.78, 5) is 0. The van der Waals surface area contributed by atoms with Gasteiger partial charge in [0.05, 0.1) is 0 Å². The molecule has 0 fully saturated rings. The number of hydrogen-bond acceptors (Lipinski definition) is 4. The molecule has 0 spiro atoms. The Hall–Kier alpha value is -0.460. The Morgan fingerprint density at radius 1 is 1.40 bits per heavy atom. The molecule has 0 saturated carbocycles. The molecule has 2 unspecified atom stereocenters. The van der Waals surface area contributed by atoms with Crippen molar-refractivity contribution in [2.45, 2.75) is 25.6 Å². The summed E-state index contributed by atoms with van der Waals surface area (Å²) in [6, 6.07) is 7.78. The highest BCUT2D eigenvalue weighted by atomic mass is 80.0. The van der Waals surface area contributed by atoms with E-state index in [1.54, 1.807) is 6.92 Å². The number of benzene rings is 1. The van der Waals surface area contributed by atoms with Gasteiger partial charge in [0.15, 0.2) is 0 Å². The summed E-state index contributed by atoms with van der Waals surface area (Å²) < 4.78 is 26.4. The maximum atomic E-state index is 10.7. The normalized spacial score (nSPS) is 29.5. The van der Waals surface area contributed by atoms with Gasteiger partial charge in [-0.3, -0.25) is 5.32 Å². The van der Waals surface area contributed by atoms with Gasteiger partial charge in [0, 0.05) is 15.4 Å². The lowest BCUT2D eigenvalue weighted by atomic mass is 10.0. The number of rotatable bonds is 2. The van der Waals surface area contributed by atoms with Crippen LogP contribution in [0.25, 0.3) is 0 Å². The Bertz CT molecular complexity index is 367. The fourth-order valence-corrected chi connectivity index (χ4v) is 2.86. The van der Waals surface area contributed by atoms with Gasteiger partial charge in [-0.25, -0.2) is 0 Å². The van der Waals surface area contributed by atoms with Crippen molar-refractivity contribution in [3.05, 3.63) is 35.4 Å². The maximum Gasteiger partial charge on any atom is 0.439 e. The highest BCUT2D eigenvalue weighted by Gasteiger charge is 2.46. The van der Waals surface area contributed by atoms with E-state index < -0.39 is 20.5 Å². The monoisotopic (exact) mass is 273 g/mol. The summed E-state index contributed by atoms with van der Waals surface area (Å²) in [5.41, 5.74) is 1.07. The second-order valence-corrected chi connectivity index (χ2v) is 4.87. The highest BCUT2D eigenvalue weighted by molar-refractivity contribution is 5.38. The zero-order valence-corrected chi connectivity index (χ0v) is 10.1. The number of nitrogens with one attached hydrogen (secondary N) is 1. The first-order chi connectivity index (χ1) is 7.03. The lowest BCUT2D eigenvalue weighted by molar-refractivity contribution is -1.63. The highest BCUT2D eigenvalue weighted by Crippen LogP contribution is 2.38. The number of hydrogen-bond donors (Lipinski definition) is 1. The van der Waals surface area contributed by atoms with Crippen LogP contribution in [-0.4, -0.2) is 0 Å². The van der Waals surface area contributed by atoms with Crippen LogP contribution < -0.4 is 13.7 Å². The maximum absolute atomic E-state index is 10.7. The van der Waals surface area contributed by atoms with Crippen molar-refractivity contribution < 1.29 is 27.0 Å². The SMILES string of the molecule is CC1NC(C)(O[Br+2]([O-])[O-])c2ccccc21. The molecule has 2 rings (SSSR count). The molecule has 4 nitrogen and oxygen atoms in total. The van der Waals surface area contributed by atoms with E-state index in [-0.39, 0.29) is 6.04 Å². The van der Waals surface area contributed by atoms with Crippen LogP contribution in [0.4, 0.5) is 0 Å². The van der Waals surface area contributed by atoms with E-state index in [0.29, 0.717) is 0 Å². The molecular formula is C10H12BrNO3. The topological polar surface area (TPSA) is 67.4 Å². The second-order valence-electron chi connectivity index (χ2n) is 3.75. The van der Waals surface area contributed by atoms with Crippen LogP contribution in [0.5, 0.6) is 0 Å². The zero-order chi connectivity index (χ0) is 11.1. The van der Waals surface area contributed by atoms with E-state index in [2.05, 4.69) is 5.32 Å². The Labute approximate surface area is 93.7 Å². The van der Waals surface area contributed by atoms with Crippen LogP contribution >= 0.6 is 0 Å². The van der Waals surface area contributed by atoms with Gasteiger partial charge in [-0.15, -0.1) is 0 Å². The molecular weight excluding hydrogens is 262 g/mol. The standard InChI is InChI=1S/C10H12BrNO3/c1-7-8-5-3-4-6-9(8)10(2,12-7)15-11(13)14/h3-7,12H,1-2H3. The molecule has 0 aliphatic carbocycles. The predicted octanol–water partition coefficient (Wildman–Crippen LogP) is -0.374. The molecule has 0 aromatic heterocycles. The third-order valence-electron chi connectivity index (χ3n) is 2.65. The molecule has 5 heteroatoms. The summed E-state index contributed by atoms with van der Waals surface area (Å²) in [6.45, 7) is 3.71. The molecule has 15 heavy (non-hydrogen) atoms. The summed E-state index contributed by atoms with van der Waals surface area (Å²) >= 11 is -3.22. The van der Waals surface area contributed by atoms with Gasteiger partial charge < -0.3 is 8.40 Å². The largest absolute Gasteiger partial charge is 0.439 e. The minimum atomic E-state index is -3.22. The van der Waals surface area contributed by atoms with Crippen LogP contribution in [0, 0.1) is 14.8 Å². The van der Waals surface area contributed by atoms with Crippen molar-refractivity contribution in [1.29, 1.82) is 0 Å². The van der Waals surface area contributed by atoms with E-state index in [1.165, 1.54) is 0 Å². The smallest absolute Gasteiger partial charge is 0.372 e. The minimum absolute atomic E-state index is 0.105. The van der Waals surface area contributed by atoms with Gasteiger partial charge >= 0.3 is 14.8 Å². The first-order valence-electron chi connectivity index (χ1n) is 4.65. The summed E-state index contributed by atoms with van der Waals surface area (Å²) in [7, 11) is 0. The van der Waals surface area contributed by atoms with Crippen molar-refractivity contribution in [1.82, 2.24) is 5.32 Å². The van der Waals surface area contributed by atoms with Gasteiger partial charge in [-0.05, 0) is 19.4 Å². The third kappa shape index (κ3) is 1.93. The van der Waals surface area contributed by atoms with Crippen molar-refractivity contribution >= 4 is 0 Å². The quantitative estimate of drug-likeness (QED) is 0.798. The van der Waals surface area contributed by atoms with Crippen LogP contribution in [0.1, 0.15) is 31.0 Å². The van der Waals surface area contributed by atoms with E-state index in [4.69, 9.17) is 3.83 Å². The first kappa shape index (κ1) is 11.0. The number of fused-ring (bicyclic) bond motifs is 1. The van der Waals surface area contributed by atoms with Crippen LogP contribution in [0.3, 0.4) is 0 Å². The Balaban J connectivity index is 2.39. The molecule has 1 aliphatic rings. The van der Waals surface area contributed by atoms with Crippen LogP contribution in [0.2, 0.25) is 0 Å². The molecule has 2 atom stereocenters. The molecule has 0 bridgehead atoms. The van der Waals surface area contributed by atoms with Gasteiger partial charge in [0.25, 0.3) is 0 Å². The summed E-state index contributed by atoms with van der Waals surface area (Å²) in [5, 5.41) is 3.13. The molecule has 0 amide bonds. The first-order valence-corrected chi connectivity index (χ1v) is 6.59. The molecule has 1 aromatic rings. The number of halogens is 1. The molecule has 1 N–H and O–H groups in total. The Morgan fingerprint density at radius 2 is 2.07 bits per heavy atom. The van der Waals surface area contributed by atoms with Crippen molar-refractivity contribution in [2.24, 2.45) is 0 Å². The average molecular weight is 274 g/mol. The van der Waals surface area contributed by atoms with Gasteiger partial charge in [0.1, 0.15) is 0 Å². The Kier molecular flexibility index (Phi) is 2.83. The van der Waals surface area contributed by atoms with Crippen LogP contribution in [0.15, 0.2) is 24.3 Å². The molecule has 1 aromatic carbocycles. The van der Waals surface area contributed by atoms with E-state index in [0.717, 1.165) is 11.1 Å². The molecule has 1 heterocycles. The minimum Gasteiger partial charge on any atom is -0.372 e. The van der Waals surface area contributed by atoms with Gasteiger partial charge in [-0.2, -0.15) is 0 Å².